The second kappa shape index (κ2) is 5.67. The van der Waals surface area contributed by atoms with Gasteiger partial charge in [0.2, 0.25) is 5.88 Å². The quantitative estimate of drug-likeness (QED) is 0.775. The highest BCUT2D eigenvalue weighted by molar-refractivity contribution is 9.10. The monoisotopic (exact) mass is 326 g/mol. The molecule has 0 radical (unpaired) electrons. The third-order valence-corrected chi connectivity index (χ3v) is 3.77. The van der Waals surface area contributed by atoms with E-state index in [1.807, 2.05) is 32.0 Å². The molecule has 18 heavy (non-hydrogen) atoms. The molecule has 0 aliphatic rings. The van der Waals surface area contributed by atoms with E-state index in [1.165, 1.54) is 6.33 Å². The van der Waals surface area contributed by atoms with Gasteiger partial charge in [-0.05, 0) is 37.1 Å². The summed E-state index contributed by atoms with van der Waals surface area (Å²) in [6.07, 6.45) is 2.13. The standard InChI is InChI=1S/C13H12BrClN2O/c1-3-10-12(15)16-7-17-13(10)18-9-4-5-11(14)8(2)6-9/h4-7H,3H2,1-2H3. The number of benzene rings is 1. The van der Waals surface area contributed by atoms with E-state index in [9.17, 15) is 0 Å². The van der Waals surface area contributed by atoms with Crippen LogP contribution in [0.25, 0.3) is 0 Å². The first-order chi connectivity index (χ1) is 8.61. The van der Waals surface area contributed by atoms with Gasteiger partial charge in [0.05, 0.1) is 5.56 Å². The molecule has 94 valence electrons. The van der Waals surface area contributed by atoms with Crippen LogP contribution in [-0.4, -0.2) is 9.97 Å². The maximum atomic E-state index is 6.01. The van der Waals surface area contributed by atoms with Crippen molar-refractivity contribution in [2.75, 3.05) is 0 Å². The molecule has 2 aromatic rings. The van der Waals surface area contributed by atoms with Crippen molar-refractivity contribution in [1.82, 2.24) is 9.97 Å². The summed E-state index contributed by atoms with van der Waals surface area (Å²) in [6.45, 7) is 3.99. The van der Waals surface area contributed by atoms with Crippen molar-refractivity contribution in [3.63, 3.8) is 0 Å². The van der Waals surface area contributed by atoms with Crippen molar-refractivity contribution in [3.05, 3.63) is 45.3 Å². The fourth-order valence-corrected chi connectivity index (χ4v) is 2.06. The third-order valence-electron chi connectivity index (χ3n) is 2.55. The Morgan fingerprint density at radius 3 is 2.78 bits per heavy atom. The molecule has 1 aromatic carbocycles. The van der Waals surface area contributed by atoms with Crippen LogP contribution in [0.2, 0.25) is 5.15 Å². The Labute approximate surface area is 119 Å². The largest absolute Gasteiger partial charge is 0.439 e. The normalized spacial score (nSPS) is 10.4. The summed E-state index contributed by atoms with van der Waals surface area (Å²) in [6, 6.07) is 5.77. The van der Waals surface area contributed by atoms with Gasteiger partial charge in [-0.25, -0.2) is 9.97 Å². The zero-order valence-corrected chi connectivity index (χ0v) is 12.4. The molecule has 3 nitrogen and oxygen atoms in total. The van der Waals surface area contributed by atoms with Crippen LogP contribution >= 0.6 is 27.5 Å². The van der Waals surface area contributed by atoms with Crippen molar-refractivity contribution >= 4 is 27.5 Å². The molecule has 0 unspecified atom stereocenters. The second-order valence-electron chi connectivity index (χ2n) is 3.81. The molecule has 0 spiro atoms. The molecule has 0 aliphatic heterocycles. The molecule has 0 saturated carbocycles. The van der Waals surface area contributed by atoms with Crippen LogP contribution in [-0.2, 0) is 6.42 Å². The SMILES string of the molecule is CCc1c(Cl)ncnc1Oc1ccc(Br)c(C)c1. The summed E-state index contributed by atoms with van der Waals surface area (Å²) >= 11 is 9.47. The lowest BCUT2D eigenvalue weighted by molar-refractivity contribution is 0.454. The minimum absolute atomic E-state index is 0.441. The molecule has 0 aliphatic carbocycles. The van der Waals surface area contributed by atoms with E-state index in [0.717, 1.165) is 27.8 Å². The predicted octanol–water partition coefficient (Wildman–Crippen LogP) is 4.56. The molecule has 0 atom stereocenters. The lowest BCUT2D eigenvalue weighted by atomic mass is 10.2. The van der Waals surface area contributed by atoms with Gasteiger partial charge in [0.15, 0.2) is 0 Å². The van der Waals surface area contributed by atoms with Crippen molar-refractivity contribution in [1.29, 1.82) is 0 Å². The molecule has 5 heteroatoms. The van der Waals surface area contributed by atoms with Gasteiger partial charge in [-0.1, -0.05) is 34.5 Å². The van der Waals surface area contributed by atoms with Crippen LogP contribution in [0.1, 0.15) is 18.1 Å². The van der Waals surface area contributed by atoms with E-state index in [-0.39, 0.29) is 0 Å². The second-order valence-corrected chi connectivity index (χ2v) is 5.03. The number of ether oxygens (including phenoxy) is 1. The fourth-order valence-electron chi connectivity index (χ4n) is 1.55. The van der Waals surface area contributed by atoms with Crippen LogP contribution in [0, 0.1) is 6.92 Å². The number of aromatic nitrogens is 2. The van der Waals surface area contributed by atoms with Crippen LogP contribution in [0.15, 0.2) is 29.0 Å². The highest BCUT2D eigenvalue weighted by Gasteiger charge is 2.10. The Balaban J connectivity index is 2.34. The van der Waals surface area contributed by atoms with Crippen molar-refractivity contribution in [2.45, 2.75) is 20.3 Å². The van der Waals surface area contributed by atoms with Crippen molar-refractivity contribution < 1.29 is 4.74 Å². The number of aryl methyl sites for hydroxylation is 1. The molecule has 0 saturated heterocycles. The zero-order valence-electron chi connectivity index (χ0n) is 10.1. The first-order valence-electron chi connectivity index (χ1n) is 5.55. The zero-order chi connectivity index (χ0) is 13.1. The Morgan fingerprint density at radius 1 is 1.33 bits per heavy atom. The topological polar surface area (TPSA) is 35.0 Å². The van der Waals surface area contributed by atoms with E-state index in [4.69, 9.17) is 16.3 Å². The Bertz CT molecular complexity index is 575. The summed E-state index contributed by atoms with van der Waals surface area (Å²) in [7, 11) is 0. The summed E-state index contributed by atoms with van der Waals surface area (Å²) in [5.74, 6) is 1.25. The number of hydrogen-bond acceptors (Lipinski definition) is 3. The minimum atomic E-state index is 0.441. The van der Waals surface area contributed by atoms with Gasteiger partial charge in [0, 0.05) is 4.47 Å². The fraction of sp³-hybridized carbons (Fsp3) is 0.231. The van der Waals surface area contributed by atoms with Crippen LogP contribution in [0.5, 0.6) is 11.6 Å². The first kappa shape index (κ1) is 13.3. The van der Waals surface area contributed by atoms with Gasteiger partial charge in [-0.15, -0.1) is 0 Å². The summed E-state index contributed by atoms with van der Waals surface area (Å²) in [5.41, 5.74) is 1.92. The molecule has 0 amide bonds. The number of nitrogens with zero attached hydrogens (tertiary/aromatic N) is 2. The summed E-state index contributed by atoms with van der Waals surface area (Å²) in [5, 5.41) is 0.441. The third kappa shape index (κ3) is 2.82. The van der Waals surface area contributed by atoms with E-state index in [1.54, 1.807) is 0 Å². The van der Waals surface area contributed by atoms with E-state index in [2.05, 4.69) is 25.9 Å². The van der Waals surface area contributed by atoms with Gasteiger partial charge < -0.3 is 4.74 Å². The van der Waals surface area contributed by atoms with Crippen LogP contribution < -0.4 is 4.74 Å². The Hall–Kier alpha value is -1.13. The Morgan fingerprint density at radius 2 is 2.11 bits per heavy atom. The number of rotatable bonds is 3. The predicted molar refractivity (Wildman–Crippen MR) is 75.4 cm³/mol. The van der Waals surface area contributed by atoms with Crippen molar-refractivity contribution in [3.8, 4) is 11.6 Å². The van der Waals surface area contributed by atoms with E-state index >= 15 is 0 Å². The van der Waals surface area contributed by atoms with Crippen molar-refractivity contribution in [2.24, 2.45) is 0 Å². The average molecular weight is 328 g/mol. The maximum absolute atomic E-state index is 6.01. The molecule has 0 bridgehead atoms. The molecule has 2 rings (SSSR count). The van der Waals surface area contributed by atoms with Crippen LogP contribution in [0.4, 0.5) is 0 Å². The maximum Gasteiger partial charge on any atom is 0.226 e. The molecule has 0 fully saturated rings. The first-order valence-corrected chi connectivity index (χ1v) is 6.72. The summed E-state index contributed by atoms with van der Waals surface area (Å²) < 4.78 is 6.81. The highest BCUT2D eigenvalue weighted by Crippen LogP contribution is 2.29. The van der Waals surface area contributed by atoms with E-state index < -0.39 is 0 Å². The molecule has 1 heterocycles. The van der Waals surface area contributed by atoms with Gasteiger partial charge in [0.25, 0.3) is 0 Å². The van der Waals surface area contributed by atoms with Gasteiger partial charge in [0.1, 0.15) is 17.2 Å². The van der Waals surface area contributed by atoms with E-state index in [0.29, 0.717) is 11.0 Å². The van der Waals surface area contributed by atoms with Crippen LogP contribution in [0.3, 0.4) is 0 Å². The van der Waals surface area contributed by atoms with Gasteiger partial charge in [-0.2, -0.15) is 0 Å². The summed E-state index contributed by atoms with van der Waals surface area (Å²) in [4.78, 5) is 8.08. The lowest BCUT2D eigenvalue weighted by Crippen LogP contribution is -1.96. The highest BCUT2D eigenvalue weighted by atomic mass is 79.9. The Kier molecular flexibility index (Phi) is 4.19. The number of halogens is 2. The lowest BCUT2D eigenvalue weighted by Gasteiger charge is -2.10. The molecule has 0 N–H and O–H groups in total. The minimum Gasteiger partial charge on any atom is -0.439 e. The van der Waals surface area contributed by atoms with Gasteiger partial charge >= 0.3 is 0 Å². The molecular weight excluding hydrogens is 316 g/mol. The van der Waals surface area contributed by atoms with Gasteiger partial charge in [-0.3, -0.25) is 0 Å². The molecular formula is C13H12BrClN2O. The average Bonchev–Trinajstić information content (AvgIpc) is 2.34. The number of hydrogen-bond donors (Lipinski definition) is 0. The smallest absolute Gasteiger partial charge is 0.226 e. The molecule has 1 aromatic heterocycles.